The zero-order valence-corrected chi connectivity index (χ0v) is 6.17. The van der Waals surface area contributed by atoms with Gasteiger partial charge in [0.05, 0.1) is 6.04 Å². The van der Waals surface area contributed by atoms with Crippen LogP contribution in [0, 0.1) is 0 Å². The molecule has 1 aromatic heterocycles. The fourth-order valence-corrected chi connectivity index (χ4v) is 0.928. The molecule has 1 rings (SSSR count). The average molecular weight is 139 g/mol. The van der Waals surface area contributed by atoms with Crippen molar-refractivity contribution in [3.63, 3.8) is 0 Å². The number of imidazole rings is 1. The van der Waals surface area contributed by atoms with Gasteiger partial charge in [0.15, 0.2) is 0 Å². The summed E-state index contributed by atoms with van der Waals surface area (Å²) in [6.07, 6.45) is 5.62. The lowest BCUT2D eigenvalue weighted by atomic mass is 10.2. The first kappa shape index (κ1) is 7.28. The number of nitrogens with zero attached hydrogens (tertiary/aromatic N) is 1. The van der Waals surface area contributed by atoms with E-state index in [1.165, 1.54) is 0 Å². The molecule has 0 fully saturated rings. The topological polar surface area (TPSA) is 54.7 Å². The molecule has 0 aliphatic rings. The zero-order valence-electron chi connectivity index (χ0n) is 6.17. The van der Waals surface area contributed by atoms with Crippen LogP contribution in [0.3, 0.4) is 0 Å². The standard InChI is InChI=1S/C7H13N3/c1-2-3-6(8)7-9-4-5-10-7/h4-6H,2-3,8H2,1H3,(H,9,10). The van der Waals surface area contributed by atoms with Crippen molar-refractivity contribution >= 4 is 0 Å². The molecule has 1 atom stereocenters. The Bertz CT molecular complexity index is 169. The number of H-pyrrole nitrogens is 1. The second-order valence-electron chi connectivity index (χ2n) is 2.37. The first-order valence-corrected chi connectivity index (χ1v) is 3.59. The van der Waals surface area contributed by atoms with Crippen molar-refractivity contribution in [1.82, 2.24) is 9.97 Å². The Hall–Kier alpha value is -0.830. The van der Waals surface area contributed by atoms with Gasteiger partial charge in [0.2, 0.25) is 0 Å². The van der Waals surface area contributed by atoms with E-state index in [-0.39, 0.29) is 6.04 Å². The maximum absolute atomic E-state index is 5.76. The van der Waals surface area contributed by atoms with Crippen LogP contribution in [0.4, 0.5) is 0 Å². The van der Waals surface area contributed by atoms with Gasteiger partial charge in [-0.2, -0.15) is 0 Å². The summed E-state index contributed by atoms with van der Waals surface area (Å²) in [5.74, 6) is 0.891. The lowest BCUT2D eigenvalue weighted by molar-refractivity contribution is 0.608. The highest BCUT2D eigenvalue weighted by Crippen LogP contribution is 2.09. The molecule has 0 aliphatic carbocycles. The maximum atomic E-state index is 5.76. The van der Waals surface area contributed by atoms with Crippen molar-refractivity contribution < 1.29 is 0 Å². The van der Waals surface area contributed by atoms with Crippen molar-refractivity contribution in [2.75, 3.05) is 0 Å². The van der Waals surface area contributed by atoms with E-state index >= 15 is 0 Å². The molecule has 0 spiro atoms. The summed E-state index contributed by atoms with van der Waals surface area (Å²) in [6, 6.07) is 0.0833. The van der Waals surface area contributed by atoms with Crippen molar-refractivity contribution in [3.8, 4) is 0 Å². The number of rotatable bonds is 3. The Morgan fingerprint density at radius 2 is 2.60 bits per heavy atom. The van der Waals surface area contributed by atoms with Crippen LogP contribution in [0.1, 0.15) is 31.6 Å². The molecule has 0 aromatic carbocycles. The van der Waals surface area contributed by atoms with Gasteiger partial charge in [-0.3, -0.25) is 0 Å². The molecule has 0 saturated carbocycles. The molecule has 10 heavy (non-hydrogen) atoms. The third-order valence-corrected chi connectivity index (χ3v) is 1.47. The van der Waals surface area contributed by atoms with E-state index in [1.54, 1.807) is 12.4 Å². The zero-order chi connectivity index (χ0) is 7.40. The highest BCUT2D eigenvalue weighted by molar-refractivity contribution is 4.93. The van der Waals surface area contributed by atoms with Crippen LogP contribution in [0.2, 0.25) is 0 Å². The van der Waals surface area contributed by atoms with Crippen molar-refractivity contribution in [3.05, 3.63) is 18.2 Å². The summed E-state index contributed by atoms with van der Waals surface area (Å²) < 4.78 is 0. The average Bonchev–Trinajstić information content (AvgIpc) is 2.38. The second-order valence-corrected chi connectivity index (χ2v) is 2.37. The molecule has 3 N–H and O–H groups in total. The molecule has 1 unspecified atom stereocenters. The normalized spacial score (nSPS) is 13.4. The summed E-state index contributed by atoms with van der Waals surface area (Å²) in [5, 5.41) is 0. The molecular weight excluding hydrogens is 126 g/mol. The van der Waals surface area contributed by atoms with E-state index in [9.17, 15) is 0 Å². The molecule has 3 heteroatoms. The first-order valence-electron chi connectivity index (χ1n) is 3.59. The Balaban J connectivity index is 2.50. The van der Waals surface area contributed by atoms with Gasteiger partial charge in [0, 0.05) is 12.4 Å². The van der Waals surface area contributed by atoms with Crippen molar-refractivity contribution in [2.45, 2.75) is 25.8 Å². The molecule has 0 radical (unpaired) electrons. The minimum absolute atomic E-state index is 0.0833. The van der Waals surface area contributed by atoms with Crippen LogP contribution in [-0.2, 0) is 0 Å². The van der Waals surface area contributed by atoms with E-state index in [0.717, 1.165) is 18.7 Å². The first-order chi connectivity index (χ1) is 4.84. The van der Waals surface area contributed by atoms with E-state index in [4.69, 9.17) is 5.73 Å². The van der Waals surface area contributed by atoms with Gasteiger partial charge in [0.1, 0.15) is 5.82 Å². The van der Waals surface area contributed by atoms with E-state index in [0.29, 0.717) is 0 Å². The summed E-state index contributed by atoms with van der Waals surface area (Å²) in [6.45, 7) is 2.11. The molecule has 3 nitrogen and oxygen atoms in total. The van der Waals surface area contributed by atoms with Crippen LogP contribution in [0.15, 0.2) is 12.4 Å². The van der Waals surface area contributed by atoms with Crippen LogP contribution in [0.25, 0.3) is 0 Å². The largest absolute Gasteiger partial charge is 0.347 e. The SMILES string of the molecule is CCCC(N)c1ncc[nH]1. The van der Waals surface area contributed by atoms with Crippen LogP contribution >= 0.6 is 0 Å². The fraction of sp³-hybridized carbons (Fsp3) is 0.571. The summed E-state index contributed by atoms with van der Waals surface area (Å²) in [4.78, 5) is 7.04. The Morgan fingerprint density at radius 1 is 1.80 bits per heavy atom. The quantitative estimate of drug-likeness (QED) is 0.661. The number of hydrogen-bond acceptors (Lipinski definition) is 2. The predicted molar refractivity (Wildman–Crippen MR) is 40.4 cm³/mol. The Morgan fingerprint density at radius 3 is 3.10 bits per heavy atom. The van der Waals surface area contributed by atoms with Gasteiger partial charge in [-0.25, -0.2) is 4.98 Å². The van der Waals surface area contributed by atoms with Crippen LogP contribution in [0.5, 0.6) is 0 Å². The van der Waals surface area contributed by atoms with Gasteiger partial charge < -0.3 is 10.7 Å². The molecular formula is C7H13N3. The van der Waals surface area contributed by atoms with Crippen LogP contribution < -0.4 is 5.73 Å². The lowest BCUT2D eigenvalue weighted by Gasteiger charge is -2.04. The van der Waals surface area contributed by atoms with Crippen molar-refractivity contribution in [1.29, 1.82) is 0 Å². The number of nitrogens with two attached hydrogens (primary N) is 1. The lowest BCUT2D eigenvalue weighted by Crippen LogP contribution is -2.11. The van der Waals surface area contributed by atoms with Gasteiger partial charge in [-0.1, -0.05) is 13.3 Å². The Kier molecular flexibility index (Phi) is 2.45. The maximum Gasteiger partial charge on any atom is 0.123 e. The molecule has 1 aromatic rings. The monoisotopic (exact) mass is 139 g/mol. The second kappa shape index (κ2) is 3.37. The number of aromatic nitrogens is 2. The van der Waals surface area contributed by atoms with Crippen molar-refractivity contribution in [2.24, 2.45) is 5.73 Å². The minimum Gasteiger partial charge on any atom is -0.347 e. The number of hydrogen-bond donors (Lipinski definition) is 2. The van der Waals surface area contributed by atoms with Gasteiger partial charge in [-0.15, -0.1) is 0 Å². The van der Waals surface area contributed by atoms with Gasteiger partial charge in [-0.05, 0) is 6.42 Å². The number of nitrogens with one attached hydrogen (secondary N) is 1. The highest BCUT2D eigenvalue weighted by Gasteiger charge is 2.04. The van der Waals surface area contributed by atoms with E-state index in [2.05, 4.69) is 16.9 Å². The van der Waals surface area contributed by atoms with Gasteiger partial charge >= 0.3 is 0 Å². The fourth-order valence-electron chi connectivity index (χ4n) is 0.928. The third-order valence-electron chi connectivity index (χ3n) is 1.47. The predicted octanol–water partition coefficient (Wildman–Crippen LogP) is 1.21. The summed E-state index contributed by atoms with van der Waals surface area (Å²) in [5.41, 5.74) is 5.76. The Labute approximate surface area is 60.7 Å². The van der Waals surface area contributed by atoms with E-state index in [1.807, 2.05) is 0 Å². The molecule has 0 amide bonds. The highest BCUT2D eigenvalue weighted by atomic mass is 14.9. The summed E-state index contributed by atoms with van der Waals surface area (Å²) >= 11 is 0. The van der Waals surface area contributed by atoms with Crippen LogP contribution in [-0.4, -0.2) is 9.97 Å². The number of aromatic amines is 1. The molecule has 0 saturated heterocycles. The molecule has 56 valence electrons. The minimum atomic E-state index is 0.0833. The van der Waals surface area contributed by atoms with Gasteiger partial charge in [0.25, 0.3) is 0 Å². The molecule has 0 bridgehead atoms. The third kappa shape index (κ3) is 1.57. The van der Waals surface area contributed by atoms with E-state index < -0.39 is 0 Å². The molecule has 1 heterocycles. The smallest absolute Gasteiger partial charge is 0.123 e. The summed E-state index contributed by atoms with van der Waals surface area (Å²) in [7, 11) is 0. The molecule has 0 aliphatic heterocycles.